The average Bonchev–Trinajstić information content (AvgIpc) is 2.76. The molecule has 2 aliphatic rings. The number of anilines is 2. The molecule has 164 valence electrons. The molecule has 2 aliphatic heterocycles. The maximum absolute atomic E-state index is 13.2. The van der Waals surface area contributed by atoms with E-state index >= 15 is 0 Å². The monoisotopic (exact) mass is 463 g/mol. The van der Waals surface area contributed by atoms with Gasteiger partial charge in [-0.2, -0.15) is 4.31 Å². The van der Waals surface area contributed by atoms with E-state index in [1.54, 1.807) is 31.2 Å². The first-order valence-corrected chi connectivity index (χ1v) is 11.7. The molecule has 4 rings (SSSR count). The first-order valence-electron chi connectivity index (χ1n) is 9.92. The lowest BCUT2D eigenvalue weighted by Gasteiger charge is -2.31. The number of halogens is 1. The van der Waals surface area contributed by atoms with Crippen LogP contribution in [0, 0.1) is 5.92 Å². The van der Waals surface area contributed by atoms with Crippen LogP contribution in [0.2, 0.25) is 5.02 Å². The average molecular weight is 464 g/mol. The number of hydrogen-bond acceptors (Lipinski definition) is 5. The second-order valence-corrected chi connectivity index (χ2v) is 9.98. The predicted octanol–water partition coefficient (Wildman–Crippen LogP) is 3.10. The van der Waals surface area contributed by atoms with Crippen molar-refractivity contribution < 1.29 is 22.7 Å². The van der Waals surface area contributed by atoms with Crippen molar-refractivity contribution in [2.75, 3.05) is 23.7 Å². The summed E-state index contributed by atoms with van der Waals surface area (Å²) >= 11 is 5.87. The van der Waals surface area contributed by atoms with E-state index < -0.39 is 22.0 Å². The van der Waals surface area contributed by atoms with Crippen molar-refractivity contribution in [1.82, 2.24) is 4.31 Å². The number of fused-ring (bicyclic) bond motifs is 1. The summed E-state index contributed by atoms with van der Waals surface area (Å²) in [5, 5.41) is 6.04. The Morgan fingerprint density at radius 1 is 1.23 bits per heavy atom. The van der Waals surface area contributed by atoms with Crippen molar-refractivity contribution in [2.24, 2.45) is 5.92 Å². The molecule has 0 aromatic heterocycles. The summed E-state index contributed by atoms with van der Waals surface area (Å²) < 4.78 is 33.2. The Kier molecular flexibility index (Phi) is 5.92. The highest BCUT2D eigenvalue weighted by molar-refractivity contribution is 7.89. The highest BCUT2D eigenvalue weighted by atomic mass is 35.5. The summed E-state index contributed by atoms with van der Waals surface area (Å²) in [5.41, 5.74) is 0.923. The Morgan fingerprint density at radius 3 is 2.71 bits per heavy atom. The number of carbonyl (C=O) groups is 2. The van der Waals surface area contributed by atoms with Gasteiger partial charge in [-0.15, -0.1) is 0 Å². The maximum Gasteiger partial charge on any atom is 0.265 e. The van der Waals surface area contributed by atoms with Gasteiger partial charge in [-0.25, -0.2) is 8.42 Å². The molecular formula is C21H22ClN3O5S. The molecule has 0 unspecified atom stereocenters. The fourth-order valence-electron chi connectivity index (χ4n) is 3.65. The fourth-order valence-corrected chi connectivity index (χ4v) is 5.33. The van der Waals surface area contributed by atoms with Crippen LogP contribution >= 0.6 is 11.6 Å². The van der Waals surface area contributed by atoms with Gasteiger partial charge in [0.2, 0.25) is 15.9 Å². The van der Waals surface area contributed by atoms with E-state index in [1.807, 2.05) is 0 Å². The van der Waals surface area contributed by atoms with Crippen molar-refractivity contribution in [3.05, 3.63) is 47.5 Å². The van der Waals surface area contributed by atoms with Gasteiger partial charge in [-0.3, -0.25) is 9.59 Å². The number of nitrogens with zero attached hydrogens (tertiary/aromatic N) is 1. The highest BCUT2D eigenvalue weighted by Crippen LogP contribution is 2.33. The van der Waals surface area contributed by atoms with Gasteiger partial charge in [0.15, 0.2) is 6.10 Å². The Balaban J connectivity index is 1.49. The van der Waals surface area contributed by atoms with E-state index in [9.17, 15) is 18.0 Å². The van der Waals surface area contributed by atoms with Crippen LogP contribution in [0.3, 0.4) is 0 Å². The van der Waals surface area contributed by atoms with Gasteiger partial charge in [0, 0.05) is 23.8 Å². The van der Waals surface area contributed by atoms with Crippen LogP contribution in [0.4, 0.5) is 11.4 Å². The van der Waals surface area contributed by atoms with Crippen LogP contribution in [-0.4, -0.2) is 43.7 Å². The van der Waals surface area contributed by atoms with Gasteiger partial charge in [0.25, 0.3) is 5.91 Å². The molecule has 0 radical (unpaired) electrons. The lowest BCUT2D eigenvalue weighted by Crippen LogP contribution is -2.43. The zero-order chi connectivity index (χ0) is 22.2. The predicted molar refractivity (Wildman–Crippen MR) is 117 cm³/mol. The van der Waals surface area contributed by atoms with E-state index in [0.29, 0.717) is 41.5 Å². The smallest absolute Gasteiger partial charge is 0.265 e. The van der Waals surface area contributed by atoms with Gasteiger partial charge in [-0.1, -0.05) is 11.6 Å². The molecule has 0 bridgehead atoms. The molecule has 0 aliphatic carbocycles. The van der Waals surface area contributed by atoms with Crippen LogP contribution < -0.4 is 15.4 Å². The first kappa shape index (κ1) is 21.6. The molecule has 1 saturated heterocycles. The Morgan fingerprint density at radius 2 is 1.97 bits per heavy atom. The van der Waals surface area contributed by atoms with Crippen LogP contribution in [-0.2, 0) is 19.6 Å². The molecule has 0 spiro atoms. The number of carbonyl (C=O) groups excluding carboxylic acids is 2. The number of amides is 2. The third-order valence-corrected chi connectivity index (χ3v) is 7.50. The number of rotatable bonds is 4. The summed E-state index contributed by atoms with van der Waals surface area (Å²) in [7, 11) is -3.84. The molecular weight excluding hydrogens is 442 g/mol. The molecule has 2 aromatic rings. The minimum Gasteiger partial charge on any atom is -0.479 e. The Hall–Kier alpha value is -2.62. The minimum absolute atomic E-state index is 0.0449. The topological polar surface area (TPSA) is 105 Å². The van der Waals surface area contributed by atoms with Gasteiger partial charge in [0.1, 0.15) is 5.75 Å². The van der Waals surface area contributed by atoms with Crippen LogP contribution in [0.25, 0.3) is 0 Å². The van der Waals surface area contributed by atoms with Crippen LogP contribution in [0.5, 0.6) is 5.75 Å². The molecule has 2 N–H and O–H groups in total. The number of benzene rings is 2. The molecule has 8 nitrogen and oxygen atoms in total. The molecule has 10 heteroatoms. The summed E-state index contributed by atoms with van der Waals surface area (Å²) in [6.07, 6.45) is 0.523. The number of nitrogens with one attached hydrogen (secondary N) is 2. The molecule has 1 fully saturated rings. The number of sulfonamides is 1. The van der Waals surface area contributed by atoms with Gasteiger partial charge >= 0.3 is 0 Å². The molecule has 31 heavy (non-hydrogen) atoms. The number of ether oxygens (including phenoxy) is 1. The summed E-state index contributed by atoms with van der Waals surface area (Å²) in [6.45, 7) is 2.02. The molecule has 0 saturated carbocycles. The molecule has 2 amide bonds. The van der Waals surface area contributed by atoms with Crippen LogP contribution in [0.1, 0.15) is 19.8 Å². The van der Waals surface area contributed by atoms with E-state index in [1.165, 1.54) is 22.5 Å². The molecule has 2 aromatic carbocycles. The lowest BCUT2D eigenvalue weighted by molar-refractivity contribution is -0.123. The summed E-state index contributed by atoms with van der Waals surface area (Å²) in [4.78, 5) is 24.6. The largest absolute Gasteiger partial charge is 0.479 e. The van der Waals surface area contributed by atoms with Crippen molar-refractivity contribution in [3.63, 3.8) is 0 Å². The third kappa shape index (κ3) is 4.53. The Bertz CT molecular complexity index is 1120. The Labute approximate surface area is 185 Å². The zero-order valence-corrected chi connectivity index (χ0v) is 18.4. The maximum atomic E-state index is 13.2. The first-order chi connectivity index (χ1) is 14.7. The van der Waals surface area contributed by atoms with Gasteiger partial charge < -0.3 is 15.4 Å². The van der Waals surface area contributed by atoms with Crippen LogP contribution in [0.15, 0.2) is 47.4 Å². The second-order valence-electron chi connectivity index (χ2n) is 7.61. The van der Waals surface area contributed by atoms with Crippen molar-refractivity contribution >= 4 is 44.8 Å². The summed E-state index contributed by atoms with van der Waals surface area (Å²) in [6, 6.07) is 11.1. The minimum atomic E-state index is -3.84. The van der Waals surface area contributed by atoms with Crippen molar-refractivity contribution in [2.45, 2.75) is 30.8 Å². The van der Waals surface area contributed by atoms with E-state index in [2.05, 4.69) is 10.6 Å². The lowest BCUT2D eigenvalue weighted by atomic mass is 9.99. The number of piperidine rings is 1. The fraction of sp³-hybridized carbons (Fsp3) is 0.333. The molecule has 2 heterocycles. The van der Waals surface area contributed by atoms with Gasteiger partial charge in [-0.05, 0) is 62.2 Å². The van der Waals surface area contributed by atoms with E-state index in [-0.39, 0.29) is 23.3 Å². The van der Waals surface area contributed by atoms with E-state index in [4.69, 9.17) is 16.3 Å². The zero-order valence-electron chi connectivity index (χ0n) is 16.8. The van der Waals surface area contributed by atoms with Crippen molar-refractivity contribution in [3.8, 4) is 5.75 Å². The number of hydrogen-bond donors (Lipinski definition) is 2. The van der Waals surface area contributed by atoms with Gasteiger partial charge in [0.05, 0.1) is 16.5 Å². The van der Waals surface area contributed by atoms with Crippen molar-refractivity contribution in [1.29, 1.82) is 0 Å². The highest BCUT2D eigenvalue weighted by Gasteiger charge is 2.34. The summed E-state index contributed by atoms with van der Waals surface area (Å²) in [5.74, 6) is -0.619. The van der Waals surface area contributed by atoms with E-state index in [0.717, 1.165) is 0 Å². The standard InChI is InChI=1S/C21H22ClN3O5S/c1-13-20(26)24-18-11-17(8-9-19(18)30-13)31(28,29)25-10-2-3-14(12-25)21(27)23-16-6-4-15(22)5-7-16/h4-9,11,13-14H,2-3,10,12H2,1H3,(H,23,27)(H,24,26)/t13-,14+/m0/s1. The quantitative estimate of drug-likeness (QED) is 0.724. The SMILES string of the molecule is C[C@@H]1Oc2ccc(S(=O)(=O)N3CCC[C@@H](C(=O)Nc4ccc(Cl)cc4)C3)cc2NC1=O. The second kappa shape index (κ2) is 8.49. The molecule has 2 atom stereocenters. The third-order valence-electron chi connectivity index (χ3n) is 5.39. The normalized spacial score (nSPS) is 21.5.